The van der Waals surface area contributed by atoms with Crippen LogP contribution in [0.3, 0.4) is 0 Å². The fraction of sp³-hybridized carbons (Fsp3) is 0.625. The Morgan fingerprint density at radius 2 is 1.76 bits per heavy atom. The molecule has 0 atom stereocenters. The van der Waals surface area contributed by atoms with E-state index in [4.69, 9.17) is 5.73 Å². The van der Waals surface area contributed by atoms with Crippen LogP contribution in [-0.4, -0.2) is 15.0 Å². The van der Waals surface area contributed by atoms with Gasteiger partial charge in [-0.3, -0.25) is 0 Å². The fourth-order valence-corrected chi connectivity index (χ4v) is 4.87. The third-order valence-electron chi connectivity index (χ3n) is 4.88. The zero-order chi connectivity index (χ0) is 15.2. The van der Waals surface area contributed by atoms with Crippen molar-refractivity contribution < 1.29 is 8.42 Å². The van der Waals surface area contributed by atoms with E-state index in [2.05, 4.69) is 4.72 Å². The summed E-state index contributed by atoms with van der Waals surface area (Å²) in [6, 6.07) is 3.54. The molecule has 2 aliphatic carbocycles. The quantitative estimate of drug-likeness (QED) is 0.793. The maximum absolute atomic E-state index is 12.6. The highest BCUT2D eigenvalue weighted by Gasteiger charge is 2.41. The minimum atomic E-state index is -3.48. The lowest BCUT2D eigenvalue weighted by Crippen LogP contribution is -2.32. The molecule has 21 heavy (non-hydrogen) atoms. The van der Waals surface area contributed by atoms with Crippen molar-refractivity contribution in [1.82, 2.24) is 4.72 Å². The number of benzene rings is 1. The molecule has 0 unspecified atom stereocenters. The second-order valence-corrected chi connectivity index (χ2v) is 8.32. The van der Waals surface area contributed by atoms with E-state index in [-0.39, 0.29) is 0 Å². The molecule has 2 saturated carbocycles. The lowest BCUT2D eigenvalue weighted by atomic mass is 9.99. The normalized spacial score (nSPS) is 19.2. The Morgan fingerprint density at radius 1 is 1.19 bits per heavy atom. The zero-order valence-electron chi connectivity index (χ0n) is 12.7. The molecule has 1 aromatic rings. The second kappa shape index (κ2) is 5.29. The molecule has 116 valence electrons. The van der Waals surface area contributed by atoms with Crippen molar-refractivity contribution in [2.75, 3.05) is 12.3 Å². The Kier molecular flexibility index (Phi) is 3.74. The van der Waals surface area contributed by atoms with Crippen molar-refractivity contribution in [3.8, 4) is 0 Å². The van der Waals surface area contributed by atoms with Crippen LogP contribution in [0, 0.1) is 31.6 Å². The highest BCUT2D eigenvalue weighted by Crippen LogP contribution is 2.48. The van der Waals surface area contributed by atoms with Gasteiger partial charge in [-0.2, -0.15) is 0 Å². The minimum absolute atomic E-state index is 0.354. The van der Waals surface area contributed by atoms with Crippen LogP contribution < -0.4 is 10.5 Å². The first kappa shape index (κ1) is 14.9. The molecule has 0 bridgehead atoms. The molecule has 3 rings (SSSR count). The number of hydrogen-bond acceptors (Lipinski definition) is 3. The smallest absolute Gasteiger partial charge is 0.241 e. The minimum Gasteiger partial charge on any atom is -0.398 e. The number of rotatable bonds is 6. The predicted octanol–water partition coefficient (Wildman–Crippen LogP) is 2.60. The van der Waals surface area contributed by atoms with Crippen molar-refractivity contribution in [2.24, 2.45) is 17.8 Å². The first-order valence-electron chi connectivity index (χ1n) is 7.75. The van der Waals surface area contributed by atoms with Crippen LogP contribution in [0.15, 0.2) is 17.0 Å². The van der Waals surface area contributed by atoms with Gasteiger partial charge < -0.3 is 5.73 Å². The van der Waals surface area contributed by atoms with Gasteiger partial charge in [-0.05, 0) is 74.5 Å². The summed E-state index contributed by atoms with van der Waals surface area (Å²) in [5.74, 6) is 2.01. The van der Waals surface area contributed by atoms with Crippen molar-refractivity contribution in [2.45, 2.75) is 44.4 Å². The highest BCUT2D eigenvalue weighted by molar-refractivity contribution is 7.89. The molecule has 0 heterocycles. The van der Waals surface area contributed by atoms with Crippen LogP contribution in [-0.2, 0) is 10.0 Å². The number of nitrogens with two attached hydrogens (primary N) is 1. The Labute approximate surface area is 127 Å². The summed E-state index contributed by atoms with van der Waals surface area (Å²) >= 11 is 0. The molecule has 3 N–H and O–H groups in total. The second-order valence-electron chi connectivity index (χ2n) is 6.62. The maximum Gasteiger partial charge on any atom is 0.241 e. The van der Waals surface area contributed by atoms with Gasteiger partial charge in [-0.15, -0.1) is 0 Å². The van der Waals surface area contributed by atoms with Crippen LogP contribution in [0.2, 0.25) is 0 Å². The molecular weight excluding hydrogens is 284 g/mol. The molecule has 1 aromatic carbocycles. The van der Waals surface area contributed by atoms with E-state index in [0.29, 0.717) is 28.6 Å². The third-order valence-corrected chi connectivity index (χ3v) is 6.59. The van der Waals surface area contributed by atoms with Gasteiger partial charge in [0, 0.05) is 12.2 Å². The van der Waals surface area contributed by atoms with Crippen LogP contribution >= 0.6 is 0 Å². The Morgan fingerprint density at radius 3 is 2.29 bits per heavy atom. The van der Waals surface area contributed by atoms with Gasteiger partial charge in [0.1, 0.15) is 0 Å². The van der Waals surface area contributed by atoms with Gasteiger partial charge in [0.05, 0.1) is 4.90 Å². The van der Waals surface area contributed by atoms with E-state index in [9.17, 15) is 8.42 Å². The van der Waals surface area contributed by atoms with Crippen LogP contribution in [0.4, 0.5) is 5.69 Å². The predicted molar refractivity (Wildman–Crippen MR) is 84.5 cm³/mol. The molecule has 0 saturated heterocycles. The summed E-state index contributed by atoms with van der Waals surface area (Å²) in [6.07, 6.45) is 5.05. The summed E-state index contributed by atoms with van der Waals surface area (Å²) in [7, 11) is -3.48. The van der Waals surface area contributed by atoms with E-state index in [1.54, 1.807) is 19.1 Å². The number of hydrogen-bond donors (Lipinski definition) is 2. The zero-order valence-corrected chi connectivity index (χ0v) is 13.5. The van der Waals surface area contributed by atoms with Crippen LogP contribution in [0.25, 0.3) is 0 Å². The SMILES string of the molecule is Cc1ccc(N)c(C)c1S(=O)(=O)NCC(C1CC1)C1CC1. The van der Waals surface area contributed by atoms with E-state index >= 15 is 0 Å². The standard InChI is InChI=1S/C16H24N2O2S/c1-10-3-8-15(17)11(2)16(10)21(19,20)18-9-14(12-4-5-12)13-6-7-13/h3,8,12-14,18H,4-7,9,17H2,1-2H3. The molecular formula is C16H24N2O2S. The number of aryl methyl sites for hydroxylation is 1. The maximum atomic E-state index is 12.6. The largest absolute Gasteiger partial charge is 0.398 e. The van der Waals surface area contributed by atoms with Gasteiger partial charge in [0.2, 0.25) is 10.0 Å². The van der Waals surface area contributed by atoms with Gasteiger partial charge in [-0.1, -0.05) is 6.07 Å². The topological polar surface area (TPSA) is 72.2 Å². The average Bonchev–Trinajstić information content (AvgIpc) is 3.25. The number of nitrogen functional groups attached to an aromatic ring is 1. The molecule has 0 radical (unpaired) electrons. The van der Waals surface area contributed by atoms with Gasteiger partial charge >= 0.3 is 0 Å². The summed E-state index contributed by atoms with van der Waals surface area (Å²) in [5.41, 5.74) is 7.80. The first-order chi connectivity index (χ1) is 9.90. The van der Waals surface area contributed by atoms with Crippen molar-refractivity contribution in [3.63, 3.8) is 0 Å². The van der Waals surface area contributed by atoms with E-state index in [1.807, 2.05) is 6.92 Å². The molecule has 0 amide bonds. The summed E-state index contributed by atoms with van der Waals surface area (Å²) in [6.45, 7) is 4.17. The molecule has 5 heteroatoms. The van der Waals surface area contributed by atoms with E-state index in [1.165, 1.54) is 25.7 Å². The highest BCUT2D eigenvalue weighted by atomic mass is 32.2. The van der Waals surface area contributed by atoms with Gasteiger partial charge in [0.15, 0.2) is 0 Å². The van der Waals surface area contributed by atoms with Gasteiger partial charge in [-0.25, -0.2) is 13.1 Å². The summed E-state index contributed by atoms with van der Waals surface area (Å²) < 4.78 is 28.1. The van der Waals surface area contributed by atoms with Gasteiger partial charge in [0.25, 0.3) is 0 Å². The average molecular weight is 308 g/mol. The number of anilines is 1. The number of sulfonamides is 1. The number of nitrogens with one attached hydrogen (secondary N) is 1. The third kappa shape index (κ3) is 3.09. The van der Waals surface area contributed by atoms with Crippen LogP contribution in [0.1, 0.15) is 36.8 Å². The molecule has 2 fully saturated rings. The summed E-state index contributed by atoms with van der Waals surface area (Å²) in [5, 5.41) is 0. The molecule has 0 aliphatic heterocycles. The van der Waals surface area contributed by atoms with Crippen molar-refractivity contribution >= 4 is 15.7 Å². The Bertz CT molecular complexity index is 634. The molecule has 4 nitrogen and oxygen atoms in total. The van der Waals surface area contributed by atoms with Crippen LogP contribution in [0.5, 0.6) is 0 Å². The van der Waals surface area contributed by atoms with E-state index in [0.717, 1.165) is 17.4 Å². The Hall–Kier alpha value is -1.07. The monoisotopic (exact) mass is 308 g/mol. The first-order valence-corrected chi connectivity index (χ1v) is 9.24. The van der Waals surface area contributed by atoms with Crippen molar-refractivity contribution in [3.05, 3.63) is 23.3 Å². The molecule has 0 spiro atoms. The lowest BCUT2D eigenvalue weighted by Gasteiger charge is -2.18. The van der Waals surface area contributed by atoms with E-state index < -0.39 is 10.0 Å². The van der Waals surface area contributed by atoms with Crippen molar-refractivity contribution in [1.29, 1.82) is 0 Å². The lowest BCUT2D eigenvalue weighted by molar-refractivity contribution is 0.401. The fourth-order valence-electron chi connectivity index (χ4n) is 3.30. The summed E-state index contributed by atoms with van der Waals surface area (Å²) in [4.78, 5) is 0.354. The molecule has 2 aliphatic rings. The molecule has 0 aromatic heterocycles. The Balaban J connectivity index is 1.79.